The summed E-state index contributed by atoms with van der Waals surface area (Å²) in [6.45, 7) is 3.69. The number of piperidine rings is 1. The maximum Gasteiger partial charge on any atom is 0.236 e. The van der Waals surface area contributed by atoms with Crippen LogP contribution < -0.4 is 5.32 Å². The van der Waals surface area contributed by atoms with E-state index in [0.717, 1.165) is 6.54 Å². The molecule has 0 aromatic carbocycles. The van der Waals surface area contributed by atoms with Crippen LogP contribution in [0.5, 0.6) is 0 Å². The maximum atomic E-state index is 11.5. The molecule has 0 spiro atoms. The van der Waals surface area contributed by atoms with Crippen LogP contribution in [0.15, 0.2) is 0 Å². The van der Waals surface area contributed by atoms with Gasteiger partial charge >= 0.3 is 0 Å². The van der Waals surface area contributed by atoms with Crippen molar-refractivity contribution in [3.63, 3.8) is 0 Å². The fourth-order valence-corrected chi connectivity index (χ4v) is 2.02. The van der Waals surface area contributed by atoms with Gasteiger partial charge < -0.3 is 15.1 Å². The zero-order valence-electron chi connectivity index (χ0n) is 10.1. The Morgan fingerprint density at radius 3 is 2.60 bits per heavy atom. The average Bonchev–Trinajstić information content (AvgIpc) is 2.22. The molecule has 1 N–H and O–H groups in total. The number of rotatable bonds is 4. The predicted molar refractivity (Wildman–Crippen MR) is 61.8 cm³/mol. The van der Waals surface area contributed by atoms with E-state index in [9.17, 15) is 4.79 Å². The van der Waals surface area contributed by atoms with Crippen LogP contribution in [0.25, 0.3) is 0 Å². The Morgan fingerprint density at radius 2 is 2.07 bits per heavy atom. The number of likely N-dealkylation sites (N-methyl/N-ethyl adjacent to an activating group) is 2. The first-order valence-electron chi connectivity index (χ1n) is 5.70. The molecular weight excluding hydrogens is 190 g/mol. The van der Waals surface area contributed by atoms with Gasteiger partial charge in [-0.1, -0.05) is 0 Å². The molecule has 1 amide bonds. The highest BCUT2D eigenvalue weighted by Gasteiger charge is 2.19. The molecule has 1 aliphatic heterocycles. The van der Waals surface area contributed by atoms with Crippen molar-refractivity contribution in [2.75, 3.05) is 47.3 Å². The summed E-state index contributed by atoms with van der Waals surface area (Å²) in [5.41, 5.74) is 0. The van der Waals surface area contributed by atoms with Crippen molar-refractivity contribution in [1.82, 2.24) is 15.1 Å². The van der Waals surface area contributed by atoms with Crippen LogP contribution in [0.2, 0.25) is 0 Å². The number of hydrogen-bond donors (Lipinski definition) is 1. The molecule has 88 valence electrons. The van der Waals surface area contributed by atoms with Gasteiger partial charge in [0.2, 0.25) is 5.91 Å². The number of hydrogen-bond acceptors (Lipinski definition) is 3. The molecule has 1 heterocycles. The number of nitrogens with zero attached hydrogens (tertiary/aromatic N) is 2. The van der Waals surface area contributed by atoms with Gasteiger partial charge in [-0.05, 0) is 45.9 Å². The molecule has 15 heavy (non-hydrogen) atoms. The smallest absolute Gasteiger partial charge is 0.236 e. The Morgan fingerprint density at radius 1 is 1.47 bits per heavy atom. The summed E-state index contributed by atoms with van der Waals surface area (Å²) >= 11 is 0. The predicted octanol–water partition coefficient (Wildman–Crippen LogP) is 0.00600. The molecule has 0 atom stereocenters. The van der Waals surface area contributed by atoms with Crippen LogP contribution in [0.1, 0.15) is 12.8 Å². The van der Waals surface area contributed by atoms with Crippen LogP contribution in [0, 0.1) is 5.92 Å². The monoisotopic (exact) mass is 213 g/mol. The van der Waals surface area contributed by atoms with Gasteiger partial charge in [0.1, 0.15) is 0 Å². The van der Waals surface area contributed by atoms with Gasteiger partial charge in [-0.2, -0.15) is 0 Å². The molecule has 0 aliphatic carbocycles. The van der Waals surface area contributed by atoms with E-state index in [4.69, 9.17) is 0 Å². The van der Waals surface area contributed by atoms with E-state index in [1.165, 1.54) is 25.9 Å². The van der Waals surface area contributed by atoms with E-state index in [1.54, 1.807) is 7.05 Å². The van der Waals surface area contributed by atoms with Gasteiger partial charge in [-0.3, -0.25) is 4.79 Å². The fourth-order valence-electron chi connectivity index (χ4n) is 2.02. The molecule has 1 aliphatic rings. The van der Waals surface area contributed by atoms with E-state index in [0.29, 0.717) is 12.5 Å². The molecule has 0 radical (unpaired) electrons. The second kappa shape index (κ2) is 6.08. The van der Waals surface area contributed by atoms with Crippen molar-refractivity contribution in [3.8, 4) is 0 Å². The molecule has 0 saturated carbocycles. The number of carbonyl (C=O) groups is 1. The Kier molecular flexibility index (Phi) is 5.05. The van der Waals surface area contributed by atoms with Crippen LogP contribution in [0.3, 0.4) is 0 Å². The first-order chi connectivity index (χ1) is 7.13. The van der Waals surface area contributed by atoms with E-state index < -0.39 is 0 Å². The van der Waals surface area contributed by atoms with Gasteiger partial charge in [0.25, 0.3) is 0 Å². The zero-order chi connectivity index (χ0) is 11.3. The molecule has 4 nitrogen and oxygen atoms in total. The largest absolute Gasteiger partial charge is 0.344 e. The summed E-state index contributed by atoms with van der Waals surface area (Å²) in [6.07, 6.45) is 2.43. The van der Waals surface area contributed by atoms with Gasteiger partial charge in [-0.25, -0.2) is 0 Å². The Hall–Kier alpha value is -0.610. The minimum Gasteiger partial charge on any atom is -0.344 e. The van der Waals surface area contributed by atoms with Gasteiger partial charge in [-0.15, -0.1) is 0 Å². The zero-order valence-corrected chi connectivity index (χ0v) is 10.1. The van der Waals surface area contributed by atoms with E-state index in [-0.39, 0.29) is 5.91 Å². The average molecular weight is 213 g/mol. The number of carbonyl (C=O) groups excluding carboxylic acids is 1. The van der Waals surface area contributed by atoms with Crippen molar-refractivity contribution >= 4 is 5.91 Å². The second-order valence-corrected chi connectivity index (χ2v) is 4.55. The summed E-state index contributed by atoms with van der Waals surface area (Å²) in [5, 5.41) is 2.89. The van der Waals surface area contributed by atoms with Crippen LogP contribution in [-0.4, -0.2) is 63.0 Å². The van der Waals surface area contributed by atoms with E-state index >= 15 is 0 Å². The molecule has 0 bridgehead atoms. The van der Waals surface area contributed by atoms with Gasteiger partial charge in [0.05, 0.1) is 6.54 Å². The summed E-state index contributed by atoms with van der Waals surface area (Å²) in [4.78, 5) is 15.7. The van der Waals surface area contributed by atoms with E-state index in [2.05, 4.69) is 17.3 Å². The topological polar surface area (TPSA) is 35.6 Å². The third kappa shape index (κ3) is 4.18. The first-order valence-corrected chi connectivity index (χ1v) is 5.70. The van der Waals surface area contributed by atoms with E-state index in [1.807, 2.05) is 11.9 Å². The highest BCUT2D eigenvalue weighted by Crippen LogP contribution is 2.16. The molecule has 4 heteroatoms. The molecular formula is C11H23N3O. The fraction of sp³-hybridized carbons (Fsp3) is 0.909. The van der Waals surface area contributed by atoms with Crippen molar-refractivity contribution in [1.29, 1.82) is 0 Å². The van der Waals surface area contributed by atoms with Crippen molar-refractivity contribution < 1.29 is 4.79 Å². The normalized spacial score (nSPS) is 19.1. The van der Waals surface area contributed by atoms with Crippen LogP contribution in [0.4, 0.5) is 0 Å². The lowest BCUT2D eigenvalue weighted by atomic mass is 9.97. The quantitative estimate of drug-likeness (QED) is 0.714. The van der Waals surface area contributed by atoms with Crippen molar-refractivity contribution in [2.45, 2.75) is 12.8 Å². The summed E-state index contributed by atoms with van der Waals surface area (Å²) in [7, 11) is 5.87. The molecule has 1 fully saturated rings. The third-order valence-corrected chi connectivity index (χ3v) is 3.12. The van der Waals surface area contributed by atoms with Crippen LogP contribution >= 0.6 is 0 Å². The number of amides is 1. The minimum absolute atomic E-state index is 0.191. The Labute approximate surface area is 92.6 Å². The molecule has 0 aromatic heterocycles. The van der Waals surface area contributed by atoms with Crippen molar-refractivity contribution in [2.24, 2.45) is 5.92 Å². The lowest BCUT2D eigenvalue weighted by Crippen LogP contribution is -2.40. The maximum absolute atomic E-state index is 11.5. The number of nitrogens with one attached hydrogen (secondary N) is 1. The Bertz CT molecular complexity index is 200. The highest BCUT2D eigenvalue weighted by molar-refractivity contribution is 5.77. The summed E-state index contributed by atoms with van der Waals surface area (Å²) in [6, 6.07) is 0. The lowest BCUT2D eigenvalue weighted by Gasteiger charge is -2.31. The highest BCUT2D eigenvalue weighted by atomic mass is 16.2. The Balaban J connectivity index is 2.25. The standard InChI is InChI=1S/C11H23N3O/c1-12-8-11(15)14(3)9-10-4-6-13(2)7-5-10/h10,12H,4-9H2,1-3H3. The van der Waals surface area contributed by atoms with Crippen LogP contribution in [-0.2, 0) is 4.79 Å². The molecule has 1 rings (SSSR count). The van der Waals surface area contributed by atoms with Crippen molar-refractivity contribution in [3.05, 3.63) is 0 Å². The minimum atomic E-state index is 0.191. The summed E-state index contributed by atoms with van der Waals surface area (Å²) < 4.78 is 0. The summed E-state index contributed by atoms with van der Waals surface area (Å²) in [5.74, 6) is 0.878. The molecule has 0 unspecified atom stereocenters. The molecule has 1 saturated heterocycles. The van der Waals surface area contributed by atoms with Gasteiger partial charge in [0, 0.05) is 13.6 Å². The number of likely N-dealkylation sites (tertiary alicyclic amines) is 1. The second-order valence-electron chi connectivity index (χ2n) is 4.55. The SMILES string of the molecule is CNCC(=O)N(C)CC1CCN(C)CC1. The first kappa shape index (κ1) is 12.5. The van der Waals surface area contributed by atoms with Gasteiger partial charge in [0.15, 0.2) is 0 Å². The third-order valence-electron chi connectivity index (χ3n) is 3.12. The lowest BCUT2D eigenvalue weighted by molar-refractivity contribution is -0.129. The molecule has 0 aromatic rings.